The molecule has 0 fully saturated rings. The van der Waals surface area contributed by atoms with E-state index in [2.05, 4.69) is 6.07 Å². The van der Waals surface area contributed by atoms with E-state index in [1.807, 2.05) is 24.3 Å². The molecule has 3 rings (SSSR count). The second-order valence-electron chi connectivity index (χ2n) is 4.91. The van der Waals surface area contributed by atoms with Gasteiger partial charge in [-0.2, -0.15) is 0 Å². The van der Waals surface area contributed by atoms with Crippen molar-refractivity contribution in [2.45, 2.75) is 6.54 Å². The maximum atomic E-state index is 13.9. The van der Waals surface area contributed by atoms with Crippen molar-refractivity contribution in [2.24, 2.45) is 0 Å². The van der Waals surface area contributed by atoms with Gasteiger partial charge in [-0.1, -0.05) is 41.9 Å². The van der Waals surface area contributed by atoms with Gasteiger partial charge in [-0.05, 0) is 35.4 Å². The Morgan fingerprint density at radius 2 is 1.82 bits per heavy atom. The highest BCUT2D eigenvalue weighted by atomic mass is 35.5. The van der Waals surface area contributed by atoms with E-state index in [1.165, 1.54) is 16.7 Å². The van der Waals surface area contributed by atoms with Crippen LogP contribution in [0.4, 0.5) is 4.39 Å². The summed E-state index contributed by atoms with van der Waals surface area (Å²) in [6.45, 7) is 0.161. The van der Waals surface area contributed by atoms with Crippen molar-refractivity contribution < 1.29 is 4.39 Å². The fourth-order valence-electron chi connectivity index (χ4n) is 2.24. The van der Waals surface area contributed by atoms with Crippen LogP contribution in [0.3, 0.4) is 0 Å². The fourth-order valence-corrected chi connectivity index (χ4v) is 2.40. The molecule has 2 nitrogen and oxygen atoms in total. The van der Waals surface area contributed by atoms with Gasteiger partial charge >= 0.3 is 0 Å². The van der Waals surface area contributed by atoms with Gasteiger partial charge in [-0.15, -0.1) is 0 Å². The van der Waals surface area contributed by atoms with Crippen LogP contribution in [0.1, 0.15) is 5.56 Å². The summed E-state index contributed by atoms with van der Waals surface area (Å²) in [5.74, 6) is -0.417. The van der Waals surface area contributed by atoms with Gasteiger partial charge in [0.1, 0.15) is 5.82 Å². The first kappa shape index (κ1) is 14.5. The molecule has 0 aliphatic heterocycles. The summed E-state index contributed by atoms with van der Waals surface area (Å²) in [6.07, 6.45) is 1.73. The predicted octanol–water partition coefficient (Wildman–Crippen LogP) is 4.16. The smallest absolute Gasteiger partial charge is 0.250 e. The number of benzene rings is 2. The van der Waals surface area contributed by atoms with E-state index in [0.717, 1.165) is 11.1 Å². The number of halogens is 2. The molecule has 0 unspecified atom stereocenters. The molecule has 0 atom stereocenters. The minimum atomic E-state index is -0.417. The van der Waals surface area contributed by atoms with Crippen LogP contribution in [0.15, 0.2) is 65.6 Å². The Hall–Kier alpha value is -2.39. The summed E-state index contributed by atoms with van der Waals surface area (Å²) in [7, 11) is 0. The molecule has 0 saturated carbocycles. The maximum Gasteiger partial charge on any atom is 0.250 e. The summed E-state index contributed by atoms with van der Waals surface area (Å²) in [5.41, 5.74) is 2.11. The van der Waals surface area contributed by atoms with Gasteiger partial charge in [0.05, 0.1) is 6.54 Å². The number of rotatable bonds is 3. The van der Waals surface area contributed by atoms with E-state index < -0.39 is 5.82 Å². The summed E-state index contributed by atoms with van der Waals surface area (Å²) in [4.78, 5) is 12.0. The van der Waals surface area contributed by atoms with Gasteiger partial charge in [-0.25, -0.2) is 4.39 Å². The second-order valence-corrected chi connectivity index (χ2v) is 5.34. The zero-order valence-corrected chi connectivity index (χ0v) is 12.3. The number of hydrogen-bond donors (Lipinski definition) is 0. The quantitative estimate of drug-likeness (QED) is 0.712. The normalized spacial score (nSPS) is 10.6. The predicted molar refractivity (Wildman–Crippen MR) is 85.5 cm³/mol. The molecular formula is C18H12ClFNO. The third kappa shape index (κ3) is 3.10. The highest BCUT2D eigenvalue weighted by molar-refractivity contribution is 6.30. The van der Waals surface area contributed by atoms with Crippen LogP contribution in [-0.2, 0) is 6.54 Å². The topological polar surface area (TPSA) is 22.0 Å². The summed E-state index contributed by atoms with van der Waals surface area (Å²) in [5, 5.41) is 0.336. The van der Waals surface area contributed by atoms with Gasteiger partial charge in [0.2, 0.25) is 0 Å². The molecule has 0 aliphatic rings. The number of aromatic nitrogens is 1. The molecule has 0 aliphatic carbocycles. The third-order valence-electron chi connectivity index (χ3n) is 3.39. The molecule has 0 N–H and O–H groups in total. The molecule has 2 aromatic carbocycles. The van der Waals surface area contributed by atoms with Gasteiger partial charge in [-0.3, -0.25) is 4.79 Å². The van der Waals surface area contributed by atoms with E-state index in [9.17, 15) is 9.18 Å². The van der Waals surface area contributed by atoms with E-state index in [0.29, 0.717) is 10.6 Å². The molecule has 4 heteroatoms. The number of nitrogens with zero attached hydrogens (tertiary/aromatic N) is 1. The lowest BCUT2D eigenvalue weighted by molar-refractivity contribution is 0.596. The Morgan fingerprint density at radius 1 is 1.05 bits per heavy atom. The summed E-state index contributed by atoms with van der Waals surface area (Å²) in [6, 6.07) is 18.1. The molecule has 0 saturated heterocycles. The lowest BCUT2D eigenvalue weighted by Gasteiger charge is -2.09. The van der Waals surface area contributed by atoms with E-state index in [-0.39, 0.29) is 12.1 Å². The Labute approximate surface area is 132 Å². The monoisotopic (exact) mass is 312 g/mol. The minimum absolute atomic E-state index is 0.161. The fraction of sp³-hybridized carbons (Fsp3) is 0.0556. The SMILES string of the molecule is O=c1ccc(-c2cc[c]cc2)cn1Cc1ccc(Cl)cc1F. The zero-order valence-electron chi connectivity index (χ0n) is 11.6. The molecule has 0 spiro atoms. The van der Waals surface area contributed by atoms with E-state index in [1.54, 1.807) is 24.4 Å². The van der Waals surface area contributed by atoms with Crippen LogP contribution in [0.2, 0.25) is 5.02 Å². The van der Waals surface area contributed by atoms with Crippen LogP contribution in [-0.4, -0.2) is 4.57 Å². The van der Waals surface area contributed by atoms with Crippen molar-refractivity contribution in [3.63, 3.8) is 0 Å². The molecule has 3 aromatic rings. The molecule has 1 heterocycles. The lowest BCUT2D eigenvalue weighted by Crippen LogP contribution is -2.19. The first-order chi connectivity index (χ1) is 10.6. The van der Waals surface area contributed by atoms with Gasteiger partial charge in [0, 0.05) is 22.8 Å². The Kier molecular flexibility index (Phi) is 4.07. The van der Waals surface area contributed by atoms with Crippen molar-refractivity contribution in [3.05, 3.63) is 93.6 Å². The van der Waals surface area contributed by atoms with Gasteiger partial charge in [0.15, 0.2) is 0 Å². The Morgan fingerprint density at radius 3 is 2.55 bits per heavy atom. The molecule has 1 radical (unpaired) electrons. The van der Waals surface area contributed by atoms with Crippen LogP contribution in [0.5, 0.6) is 0 Å². The molecular weight excluding hydrogens is 301 g/mol. The molecule has 109 valence electrons. The van der Waals surface area contributed by atoms with Crippen molar-refractivity contribution in [1.29, 1.82) is 0 Å². The molecule has 0 amide bonds. The third-order valence-corrected chi connectivity index (χ3v) is 3.63. The van der Waals surface area contributed by atoms with Crippen molar-refractivity contribution in [3.8, 4) is 11.1 Å². The first-order valence-corrected chi connectivity index (χ1v) is 7.12. The highest BCUT2D eigenvalue weighted by Crippen LogP contribution is 2.18. The van der Waals surface area contributed by atoms with Crippen LogP contribution in [0, 0.1) is 11.9 Å². The summed E-state index contributed by atoms with van der Waals surface area (Å²) < 4.78 is 15.4. The zero-order chi connectivity index (χ0) is 15.5. The minimum Gasteiger partial charge on any atom is -0.310 e. The van der Waals surface area contributed by atoms with Crippen LogP contribution >= 0.6 is 11.6 Å². The lowest BCUT2D eigenvalue weighted by atomic mass is 10.1. The Bertz CT molecular complexity index is 858. The number of pyridine rings is 1. The van der Waals surface area contributed by atoms with E-state index >= 15 is 0 Å². The molecule has 0 bridgehead atoms. The second kappa shape index (κ2) is 6.16. The van der Waals surface area contributed by atoms with Crippen LogP contribution in [0.25, 0.3) is 11.1 Å². The first-order valence-electron chi connectivity index (χ1n) is 6.74. The van der Waals surface area contributed by atoms with Crippen molar-refractivity contribution in [2.75, 3.05) is 0 Å². The van der Waals surface area contributed by atoms with Gasteiger partial charge in [0.25, 0.3) is 5.56 Å². The van der Waals surface area contributed by atoms with Crippen molar-refractivity contribution >= 4 is 11.6 Å². The van der Waals surface area contributed by atoms with E-state index in [4.69, 9.17) is 11.6 Å². The van der Waals surface area contributed by atoms with Crippen molar-refractivity contribution in [1.82, 2.24) is 4.57 Å². The van der Waals surface area contributed by atoms with Gasteiger partial charge < -0.3 is 4.57 Å². The number of hydrogen-bond acceptors (Lipinski definition) is 1. The standard InChI is InChI=1S/C18H12ClFNO/c19-16-8-6-15(17(20)10-16)12-21-11-14(7-9-18(21)22)13-4-2-1-3-5-13/h2-11H,12H2. The molecule has 1 aromatic heterocycles. The summed E-state index contributed by atoms with van der Waals surface area (Å²) >= 11 is 5.74. The van der Waals surface area contributed by atoms with Crippen LogP contribution < -0.4 is 5.56 Å². The maximum absolute atomic E-state index is 13.9. The molecule has 22 heavy (non-hydrogen) atoms. The average Bonchev–Trinajstić information content (AvgIpc) is 2.53. The largest absolute Gasteiger partial charge is 0.310 e. The Balaban J connectivity index is 1.99. The average molecular weight is 313 g/mol. The highest BCUT2D eigenvalue weighted by Gasteiger charge is 2.06.